The van der Waals surface area contributed by atoms with Crippen LogP contribution < -0.4 is 10.2 Å². The van der Waals surface area contributed by atoms with Crippen LogP contribution in [-0.2, 0) is 4.74 Å². The number of ether oxygens (including phenoxy) is 1. The maximum absolute atomic E-state index is 5.59. The molecule has 1 aliphatic heterocycles. The van der Waals surface area contributed by atoms with Gasteiger partial charge in [0.15, 0.2) is 0 Å². The summed E-state index contributed by atoms with van der Waals surface area (Å²) in [5.74, 6) is 0. The molecule has 1 saturated heterocycles. The fraction of sp³-hybridized carbons (Fsp3) is 0.600. The van der Waals surface area contributed by atoms with Gasteiger partial charge in [-0.15, -0.1) is 0 Å². The minimum atomic E-state index is 0.0386. The predicted molar refractivity (Wildman–Crippen MR) is 83.9 cm³/mol. The SMILES string of the molecule is CNC(C)c1ccc(N2CCOCC2(C)C)c(Br)c1. The quantitative estimate of drug-likeness (QED) is 0.921. The molecule has 1 aromatic rings. The van der Waals surface area contributed by atoms with Gasteiger partial charge in [-0.25, -0.2) is 0 Å². The van der Waals surface area contributed by atoms with Gasteiger partial charge in [0.05, 0.1) is 24.4 Å². The highest BCUT2D eigenvalue weighted by molar-refractivity contribution is 9.10. The van der Waals surface area contributed by atoms with Crippen LogP contribution in [0.15, 0.2) is 22.7 Å². The van der Waals surface area contributed by atoms with Crippen molar-refractivity contribution in [1.82, 2.24) is 5.32 Å². The van der Waals surface area contributed by atoms with Crippen molar-refractivity contribution >= 4 is 21.6 Å². The monoisotopic (exact) mass is 326 g/mol. The molecule has 1 aliphatic rings. The molecule has 0 radical (unpaired) electrons. The van der Waals surface area contributed by atoms with Crippen LogP contribution in [0.25, 0.3) is 0 Å². The standard InChI is InChI=1S/C15H23BrN2O/c1-11(17-4)12-5-6-14(13(16)9-12)18-7-8-19-10-15(18,2)3/h5-6,9,11,17H,7-8,10H2,1-4H3. The second-order valence-corrected chi connectivity index (χ2v) is 6.59. The Hall–Kier alpha value is -0.580. The van der Waals surface area contributed by atoms with Crippen LogP contribution in [0, 0.1) is 0 Å². The number of benzene rings is 1. The van der Waals surface area contributed by atoms with Gasteiger partial charge >= 0.3 is 0 Å². The first-order valence-corrected chi connectivity index (χ1v) is 7.57. The van der Waals surface area contributed by atoms with E-state index < -0.39 is 0 Å². The van der Waals surface area contributed by atoms with Gasteiger partial charge in [0.1, 0.15) is 0 Å². The summed E-state index contributed by atoms with van der Waals surface area (Å²) in [6, 6.07) is 6.98. The summed E-state index contributed by atoms with van der Waals surface area (Å²) >= 11 is 3.72. The van der Waals surface area contributed by atoms with Gasteiger partial charge in [-0.1, -0.05) is 6.07 Å². The Kier molecular flexibility index (Phi) is 4.54. The van der Waals surface area contributed by atoms with Crippen molar-refractivity contribution in [3.63, 3.8) is 0 Å². The number of nitrogens with zero attached hydrogens (tertiary/aromatic N) is 1. The molecule has 1 unspecified atom stereocenters. The number of halogens is 1. The van der Waals surface area contributed by atoms with Crippen LogP contribution in [0.3, 0.4) is 0 Å². The second kappa shape index (κ2) is 5.81. The number of hydrogen-bond acceptors (Lipinski definition) is 3. The van der Waals surface area contributed by atoms with E-state index in [0.717, 1.165) is 24.2 Å². The maximum atomic E-state index is 5.59. The van der Waals surface area contributed by atoms with Crippen LogP contribution in [-0.4, -0.2) is 32.3 Å². The molecule has 0 bridgehead atoms. The molecule has 0 spiro atoms. The largest absolute Gasteiger partial charge is 0.377 e. The number of hydrogen-bond donors (Lipinski definition) is 1. The van der Waals surface area contributed by atoms with E-state index in [1.807, 2.05) is 7.05 Å². The van der Waals surface area contributed by atoms with Gasteiger partial charge in [0.25, 0.3) is 0 Å². The average molecular weight is 327 g/mol. The lowest BCUT2D eigenvalue weighted by Crippen LogP contribution is -2.53. The Bertz CT molecular complexity index is 448. The number of morpholine rings is 1. The second-order valence-electron chi connectivity index (χ2n) is 5.74. The summed E-state index contributed by atoms with van der Waals surface area (Å²) in [6.45, 7) is 9.12. The van der Waals surface area contributed by atoms with Crippen molar-refractivity contribution < 1.29 is 4.74 Å². The number of nitrogens with one attached hydrogen (secondary N) is 1. The van der Waals surface area contributed by atoms with E-state index in [2.05, 4.69) is 65.1 Å². The van der Waals surface area contributed by atoms with E-state index in [9.17, 15) is 0 Å². The van der Waals surface area contributed by atoms with Gasteiger partial charge in [0, 0.05) is 17.1 Å². The van der Waals surface area contributed by atoms with Gasteiger partial charge in [-0.05, 0) is 61.4 Å². The summed E-state index contributed by atoms with van der Waals surface area (Å²) in [7, 11) is 1.98. The minimum Gasteiger partial charge on any atom is -0.377 e. The minimum absolute atomic E-state index is 0.0386. The zero-order valence-corrected chi connectivity index (χ0v) is 13.8. The third kappa shape index (κ3) is 3.12. The van der Waals surface area contributed by atoms with Crippen LogP contribution >= 0.6 is 15.9 Å². The molecule has 19 heavy (non-hydrogen) atoms. The van der Waals surface area contributed by atoms with Crippen LogP contribution in [0.2, 0.25) is 0 Å². The number of rotatable bonds is 3. The molecule has 1 atom stereocenters. The van der Waals surface area contributed by atoms with Crippen LogP contribution in [0.1, 0.15) is 32.4 Å². The smallest absolute Gasteiger partial charge is 0.0694 e. The number of anilines is 1. The molecule has 1 fully saturated rings. The Balaban J connectivity index is 2.30. The Morgan fingerprint density at radius 3 is 2.74 bits per heavy atom. The maximum Gasteiger partial charge on any atom is 0.0694 e. The molecular weight excluding hydrogens is 304 g/mol. The molecule has 106 valence electrons. The fourth-order valence-electron chi connectivity index (χ4n) is 2.48. The van der Waals surface area contributed by atoms with Crippen molar-refractivity contribution in [3.8, 4) is 0 Å². The summed E-state index contributed by atoms with van der Waals surface area (Å²) in [4.78, 5) is 2.43. The van der Waals surface area contributed by atoms with E-state index in [-0.39, 0.29) is 5.54 Å². The molecule has 0 aliphatic carbocycles. The normalized spacial score (nSPS) is 20.4. The van der Waals surface area contributed by atoms with Gasteiger partial charge in [-0.2, -0.15) is 0 Å². The van der Waals surface area contributed by atoms with Crippen molar-refractivity contribution in [2.24, 2.45) is 0 Å². The molecule has 0 aromatic heterocycles. The summed E-state index contributed by atoms with van der Waals surface area (Å²) in [6.07, 6.45) is 0. The predicted octanol–water partition coefficient (Wildman–Crippen LogP) is 3.34. The van der Waals surface area contributed by atoms with Gasteiger partial charge < -0.3 is 15.0 Å². The Morgan fingerprint density at radius 1 is 1.42 bits per heavy atom. The van der Waals surface area contributed by atoms with E-state index in [1.165, 1.54) is 11.3 Å². The summed E-state index contributed by atoms with van der Waals surface area (Å²) < 4.78 is 6.74. The lowest BCUT2D eigenvalue weighted by atomic mass is 10.0. The molecule has 3 nitrogen and oxygen atoms in total. The molecule has 1 N–H and O–H groups in total. The molecule has 0 amide bonds. The van der Waals surface area contributed by atoms with Gasteiger partial charge in [0.2, 0.25) is 0 Å². The van der Waals surface area contributed by atoms with E-state index >= 15 is 0 Å². The zero-order valence-electron chi connectivity index (χ0n) is 12.2. The van der Waals surface area contributed by atoms with Crippen LogP contribution in [0.5, 0.6) is 0 Å². The van der Waals surface area contributed by atoms with Crippen LogP contribution in [0.4, 0.5) is 5.69 Å². The highest BCUT2D eigenvalue weighted by Gasteiger charge is 2.31. The Morgan fingerprint density at radius 2 is 2.16 bits per heavy atom. The lowest BCUT2D eigenvalue weighted by molar-refractivity contribution is 0.0643. The van der Waals surface area contributed by atoms with Crippen molar-refractivity contribution in [2.45, 2.75) is 32.4 Å². The van der Waals surface area contributed by atoms with Gasteiger partial charge in [-0.3, -0.25) is 0 Å². The van der Waals surface area contributed by atoms with Crippen molar-refractivity contribution in [3.05, 3.63) is 28.2 Å². The molecule has 1 aromatic carbocycles. The highest BCUT2D eigenvalue weighted by atomic mass is 79.9. The summed E-state index contributed by atoms with van der Waals surface area (Å²) in [5, 5.41) is 3.27. The van der Waals surface area contributed by atoms with Crippen molar-refractivity contribution in [2.75, 3.05) is 31.7 Å². The fourth-order valence-corrected chi connectivity index (χ4v) is 3.09. The first kappa shape index (κ1) is 14.8. The topological polar surface area (TPSA) is 24.5 Å². The zero-order chi connectivity index (χ0) is 14.0. The third-order valence-electron chi connectivity index (χ3n) is 3.84. The molecule has 2 rings (SSSR count). The molecular formula is C15H23BrN2O. The Labute approximate surface area is 124 Å². The molecule has 4 heteroatoms. The highest BCUT2D eigenvalue weighted by Crippen LogP contribution is 2.34. The first-order chi connectivity index (χ1) is 8.95. The lowest BCUT2D eigenvalue weighted by Gasteiger charge is -2.44. The molecule has 1 heterocycles. The van der Waals surface area contributed by atoms with E-state index in [4.69, 9.17) is 4.74 Å². The van der Waals surface area contributed by atoms with Crippen molar-refractivity contribution in [1.29, 1.82) is 0 Å². The average Bonchev–Trinajstić information content (AvgIpc) is 2.38. The van der Waals surface area contributed by atoms with E-state index in [0.29, 0.717) is 6.04 Å². The first-order valence-electron chi connectivity index (χ1n) is 6.78. The van der Waals surface area contributed by atoms with E-state index in [1.54, 1.807) is 0 Å². The molecule has 0 saturated carbocycles. The third-order valence-corrected chi connectivity index (χ3v) is 4.48. The summed E-state index contributed by atoms with van der Waals surface area (Å²) in [5.41, 5.74) is 2.58.